The Labute approximate surface area is 596 Å². The van der Waals surface area contributed by atoms with Gasteiger partial charge in [0.05, 0.1) is 0 Å². The molecule has 2 nitrogen and oxygen atoms in total. The second kappa shape index (κ2) is 32.7. The van der Waals surface area contributed by atoms with Gasteiger partial charge >= 0.3 is 0 Å². The van der Waals surface area contributed by atoms with Gasteiger partial charge in [-0.1, -0.05) is 207 Å². The summed E-state index contributed by atoms with van der Waals surface area (Å²) >= 11 is 0. The third-order valence-corrected chi connectivity index (χ3v) is 37.0. The van der Waals surface area contributed by atoms with Crippen molar-refractivity contribution in [3.63, 3.8) is 0 Å². The van der Waals surface area contributed by atoms with Gasteiger partial charge < -0.3 is 0 Å². The summed E-state index contributed by atoms with van der Waals surface area (Å²) in [5.41, 5.74) is 0. The van der Waals surface area contributed by atoms with Gasteiger partial charge in [-0.05, 0) is 346 Å². The molecule has 0 aromatic heterocycles. The van der Waals surface area contributed by atoms with Gasteiger partial charge in [0.2, 0.25) is 0 Å². The van der Waals surface area contributed by atoms with Gasteiger partial charge in [0.15, 0.2) is 0 Å². The minimum Gasteiger partial charge on any atom is -0.294 e. The lowest BCUT2D eigenvalue weighted by Crippen LogP contribution is -2.68. The van der Waals surface area contributed by atoms with Crippen molar-refractivity contribution in [2.45, 2.75) is 436 Å². The standard InChI is InChI=1S/C94H160N2/c1-5-7-9-11-13-15-25-65-39-47-77(48-40-65)95(75-43-35-63(3)36-44-75)89-61-87(91-79-33-23-21-31-71(79)57-73-55-67-27-17-19-29-69(67)59-85(73)91)81-52-54-84-90(96(76-45-37-64(4)38-46-76)78-49-41-66(42-50-78)26-16-14-12-10-8-6-2)62-88(82-51-53-83(89)93(81)94(82)84)92-80-34-24-22-32-72(80)58-74-56-68-28-18-20-30-70(68)60-86(74)92/h63-94H,5-62H2,1-4H3. The maximum atomic E-state index is 3.72. The van der Waals surface area contributed by atoms with Crippen molar-refractivity contribution >= 4 is 0 Å². The Hall–Kier alpha value is -0.0800. The van der Waals surface area contributed by atoms with Crippen molar-refractivity contribution in [1.82, 2.24) is 9.80 Å². The summed E-state index contributed by atoms with van der Waals surface area (Å²) in [4.78, 5) is 7.44. The van der Waals surface area contributed by atoms with Crippen LogP contribution in [0.4, 0.5) is 0 Å². The molecule has 0 heterocycles. The van der Waals surface area contributed by atoms with Crippen molar-refractivity contribution < 1.29 is 0 Å². The molecule has 96 heavy (non-hydrogen) atoms. The van der Waals surface area contributed by atoms with Crippen LogP contribution in [-0.4, -0.2) is 46.1 Å². The highest BCUT2D eigenvalue weighted by Gasteiger charge is 2.67. The molecule has 16 rings (SSSR count). The molecular weight excluding hydrogens is 1160 g/mol. The second-order valence-electron chi connectivity index (χ2n) is 41.5. The van der Waals surface area contributed by atoms with Crippen LogP contribution in [0.5, 0.6) is 0 Å². The van der Waals surface area contributed by atoms with Crippen LogP contribution in [0.1, 0.15) is 400 Å². The Morgan fingerprint density at radius 3 is 0.917 bits per heavy atom. The number of hydrogen-bond donors (Lipinski definition) is 0. The average Bonchev–Trinajstić information content (AvgIpc) is 0.721. The van der Waals surface area contributed by atoms with E-state index in [1.54, 1.807) is 270 Å². The zero-order chi connectivity index (χ0) is 64.6. The Morgan fingerprint density at radius 2 is 0.531 bits per heavy atom. The zero-order valence-electron chi connectivity index (χ0n) is 64.4. The first-order chi connectivity index (χ1) is 47.3. The predicted molar refractivity (Wildman–Crippen MR) is 408 cm³/mol. The predicted octanol–water partition coefficient (Wildman–Crippen LogP) is 26.7. The van der Waals surface area contributed by atoms with Crippen molar-refractivity contribution in [2.75, 3.05) is 0 Å². The monoisotopic (exact) mass is 1320 g/mol. The van der Waals surface area contributed by atoms with Crippen LogP contribution in [-0.2, 0) is 0 Å². The van der Waals surface area contributed by atoms with Crippen LogP contribution in [0.2, 0.25) is 0 Å². The van der Waals surface area contributed by atoms with E-state index in [1.165, 1.54) is 103 Å². The maximum Gasteiger partial charge on any atom is 0.0135 e. The Kier molecular flexibility index (Phi) is 24.0. The molecule has 16 aliphatic carbocycles. The smallest absolute Gasteiger partial charge is 0.0135 e. The third-order valence-electron chi connectivity index (χ3n) is 37.0. The fourth-order valence-electron chi connectivity index (χ4n) is 33.0. The van der Waals surface area contributed by atoms with Crippen molar-refractivity contribution in [2.24, 2.45) is 154 Å². The second-order valence-corrected chi connectivity index (χ2v) is 41.5. The Bertz CT molecular complexity index is 2160. The summed E-state index contributed by atoms with van der Waals surface area (Å²) in [5.74, 6) is 27.3. The molecule has 0 spiro atoms. The van der Waals surface area contributed by atoms with E-state index in [-0.39, 0.29) is 0 Å². The van der Waals surface area contributed by atoms with Crippen molar-refractivity contribution in [3.8, 4) is 0 Å². The number of unbranched alkanes of at least 4 members (excludes halogenated alkanes) is 10. The molecule has 0 radical (unpaired) electrons. The van der Waals surface area contributed by atoms with Crippen molar-refractivity contribution in [1.29, 1.82) is 0 Å². The topological polar surface area (TPSA) is 6.48 Å². The molecule has 0 saturated heterocycles. The molecule has 0 N–H and O–H groups in total. The highest BCUT2D eigenvalue weighted by Crippen LogP contribution is 2.72. The van der Waals surface area contributed by atoms with E-state index in [0.717, 1.165) is 190 Å². The van der Waals surface area contributed by atoms with Gasteiger partial charge in [-0.2, -0.15) is 0 Å². The first-order valence-electron chi connectivity index (χ1n) is 46.9. The lowest BCUT2D eigenvalue weighted by atomic mass is 9.38. The summed E-state index contributed by atoms with van der Waals surface area (Å²) in [7, 11) is 0. The maximum absolute atomic E-state index is 3.72. The number of rotatable bonds is 22. The number of hydrogen-bond acceptors (Lipinski definition) is 2. The zero-order valence-corrected chi connectivity index (χ0v) is 64.4. The van der Waals surface area contributed by atoms with Crippen LogP contribution >= 0.6 is 0 Å². The SMILES string of the molecule is CCCCCCCCC1CCC(N(C2CCC(C)CC2)C2CC(C3C4CCCCC4CC4CC5CCCCC5CC43)C3CCC4C5C(CCC2C35)C(C2C3CCCCC3CC3CC5CCCCC5CC32)CC4N(C2CCC(C)CC2)C2CCC(CCCCCCCC)CC2)CC1. The molecular formula is C94H160N2. The summed E-state index contributed by atoms with van der Waals surface area (Å²) in [6.07, 6.45) is 91.5. The van der Waals surface area contributed by atoms with Crippen LogP contribution in [0, 0.1) is 154 Å². The first-order valence-corrected chi connectivity index (χ1v) is 46.9. The van der Waals surface area contributed by atoms with Gasteiger partial charge in [0.1, 0.15) is 0 Å². The molecule has 0 bridgehead atoms. The van der Waals surface area contributed by atoms with Crippen LogP contribution in [0.3, 0.4) is 0 Å². The molecule has 0 amide bonds. The van der Waals surface area contributed by atoms with E-state index < -0.39 is 0 Å². The molecule has 16 saturated carbocycles. The largest absolute Gasteiger partial charge is 0.294 e. The molecule has 0 aromatic rings. The van der Waals surface area contributed by atoms with Crippen LogP contribution < -0.4 is 0 Å². The van der Waals surface area contributed by atoms with E-state index in [1.807, 2.05) is 0 Å². The van der Waals surface area contributed by atoms with Gasteiger partial charge in [0, 0.05) is 36.3 Å². The van der Waals surface area contributed by atoms with E-state index in [9.17, 15) is 0 Å². The van der Waals surface area contributed by atoms with E-state index in [0.29, 0.717) is 0 Å². The average molecular weight is 1320 g/mol. The molecule has 2 heteroatoms. The highest BCUT2D eigenvalue weighted by atomic mass is 15.2. The highest BCUT2D eigenvalue weighted by molar-refractivity contribution is 5.17. The fourth-order valence-corrected chi connectivity index (χ4v) is 33.0. The molecule has 16 aliphatic rings. The van der Waals surface area contributed by atoms with Crippen LogP contribution in [0.15, 0.2) is 0 Å². The van der Waals surface area contributed by atoms with E-state index in [4.69, 9.17) is 0 Å². The third kappa shape index (κ3) is 14.8. The summed E-state index contributed by atoms with van der Waals surface area (Å²) < 4.78 is 0. The molecule has 0 aromatic carbocycles. The van der Waals surface area contributed by atoms with Gasteiger partial charge in [0.25, 0.3) is 0 Å². The lowest BCUT2D eigenvalue weighted by Gasteiger charge is -2.70. The molecule has 24 atom stereocenters. The molecule has 24 unspecified atom stereocenters. The molecule has 0 aliphatic heterocycles. The van der Waals surface area contributed by atoms with Crippen LogP contribution in [0.25, 0.3) is 0 Å². The molecule has 16 fully saturated rings. The summed E-state index contributed by atoms with van der Waals surface area (Å²) in [6, 6.07) is 5.30. The van der Waals surface area contributed by atoms with E-state index >= 15 is 0 Å². The normalized spacial score (nSPS) is 49.4. The minimum atomic E-state index is 0.879. The van der Waals surface area contributed by atoms with Gasteiger partial charge in [-0.15, -0.1) is 0 Å². The number of fused-ring (bicyclic) bond motifs is 6. The van der Waals surface area contributed by atoms with Gasteiger partial charge in [-0.25, -0.2) is 0 Å². The Balaban J connectivity index is 0.799. The minimum absolute atomic E-state index is 0.879. The Morgan fingerprint density at radius 1 is 0.219 bits per heavy atom. The molecule has 546 valence electrons. The summed E-state index contributed by atoms with van der Waals surface area (Å²) in [6.45, 7) is 10.2. The summed E-state index contributed by atoms with van der Waals surface area (Å²) in [5, 5.41) is 0. The fraction of sp³-hybridized carbons (Fsp3) is 1.00. The van der Waals surface area contributed by atoms with Crippen molar-refractivity contribution in [3.05, 3.63) is 0 Å². The number of nitrogens with zero attached hydrogens (tertiary/aromatic N) is 2. The quantitative estimate of drug-likeness (QED) is 0.0997. The van der Waals surface area contributed by atoms with E-state index in [2.05, 4.69) is 37.5 Å². The lowest BCUT2D eigenvalue weighted by molar-refractivity contribution is -0.210. The first kappa shape index (κ1) is 70.2. The van der Waals surface area contributed by atoms with Gasteiger partial charge in [-0.3, -0.25) is 9.80 Å².